The molecular weight excluding hydrogens is 266 g/mol. The van der Waals surface area contributed by atoms with E-state index in [1.54, 1.807) is 4.90 Å². The van der Waals surface area contributed by atoms with E-state index in [-0.39, 0.29) is 17.9 Å². The second-order valence-corrected chi connectivity index (χ2v) is 7.32. The Kier molecular flexibility index (Phi) is 4.23. The molecule has 21 heavy (non-hydrogen) atoms. The lowest BCUT2D eigenvalue weighted by Gasteiger charge is -2.38. The van der Waals surface area contributed by atoms with Crippen molar-refractivity contribution >= 4 is 11.9 Å². The van der Waals surface area contributed by atoms with Crippen LogP contribution in [0, 0.1) is 17.8 Å². The highest BCUT2D eigenvalue weighted by Gasteiger charge is 2.49. The minimum absolute atomic E-state index is 0.0567. The first-order chi connectivity index (χ1) is 10.1. The Balaban J connectivity index is 1.82. The summed E-state index contributed by atoms with van der Waals surface area (Å²) in [6.45, 7) is 2.16. The number of carbonyl (C=O) groups is 2. The molecule has 5 unspecified atom stereocenters. The van der Waals surface area contributed by atoms with E-state index in [2.05, 4.69) is 6.92 Å². The molecule has 0 aromatic heterocycles. The molecule has 4 heteroatoms. The summed E-state index contributed by atoms with van der Waals surface area (Å²) in [4.78, 5) is 26.5. The van der Waals surface area contributed by atoms with Crippen LogP contribution in [-0.2, 0) is 9.59 Å². The molecule has 5 atom stereocenters. The standard InChI is InChI=1S/C17H27NO3/c1-11-6-2-4-8-13(11)16(19)18-14-9-5-3-7-12(14)10-15(18)17(20)21/h11-15H,2-10H2,1H3,(H,20,21). The van der Waals surface area contributed by atoms with Crippen LogP contribution in [0.4, 0.5) is 0 Å². The van der Waals surface area contributed by atoms with E-state index in [9.17, 15) is 14.7 Å². The van der Waals surface area contributed by atoms with Crippen LogP contribution in [-0.4, -0.2) is 34.0 Å². The zero-order valence-corrected chi connectivity index (χ0v) is 13.0. The number of fused-ring (bicyclic) bond motifs is 1. The monoisotopic (exact) mass is 293 g/mol. The fourth-order valence-corrected chi connectivity index (χ4v) is 4.87. The molecule has 0 bridgehead atoms. The maximum absolute atomic E-state index is 13.0. The maximum Gasteiger partial charge on any atom is 0.326 e. The van der Waals surface area contributed by atoms with Crippen molar-refractivity contribution in [1.29, 1.82) is 0 Å². The van der Waals surface area contributed by atoms with Crippen LogP contribution < -0.4 is 0 Å². The van der Waals surface area contributed by atoms with E-state index >= 15 is 0 Å². The molecule has 4 nitrogen and oxygen atoms in total. The van der Waals surface area contributed by atoms with Gasteiger partial charge in [-0.2, -0.15) is 0 Å². The molecule has 0 radical (unpaired) electrons. The third-order valence-electron chi connectivity index (χ3n) is 6.06. The lowest BCUT2D eigenvalue weighted by atomic mass is 9.79. The normalized spacial score (nSPS) is 39.9. The molecule has 1 heterocycles. The van der Waals surface area contributed by atoms with Crippen molar-refractivity contribution in [1.82, 2.24) is 4.90 Å². The third-order valence-corrected chi connectivity index (χ3v) is 6.06. The summed E-state index contributed by atoms with van der Waals surface area (Å²) in [5, 5.41) is 9.55. The Morgan fingerprint density at radius 1 is 1.00 bits per heavy atom. The molecule has 2 aliphatic carbocycles. The summed E-state index contributed by atoms with van der Waals surface area (Å²) in [6, 6.07) is -0.374. The predicted molar refractivity (Wildman–Crippen MR) is 79.8 cm³/mol. The van der Waals surface area contributed by atoms with Crippen LogP contribution in [0.3, 0.4) is 0 Å². The van der Waals surface area contributed by atoms with E-state index < -0.39 is 12.0 Å². The number of carboxylic acids is 1. The Labute approximate surface area is 126 Å². The van der Waals surface area contributed by atoms with E-state index in [4.69, 9.17) is 0 Å². The van der Waals surface area contributed by atoms with Crippen molar-refractivity contribution in [2.45, 2.75) is 76.8 Å². The first-order valence-corrected chi connectivity index (χ1v) is 8.64. The van der Waals surface area contributed by atoms with Gasteiger partial charge in [-0.25, -0.2) is 4.79 Å². The second kappa shape index (κ2) is 5.98. The molecule has 1 N–H and O–H groups in total. The topological polar surface area (TPSA) is 57.6 Å². The van der Waals surface area contributed by atoms with E-state index in [1.165, 1.54) is 12.8 Å². The smallest absolute Gasteiger partial charge is 0.326 e. The van der Waals surface area contributed by atoms with Crippen LogP contribution in [0.25, 0.3) is 0 Å². The summed E-state index contributed by atoms with van der Waals surface area (Å²) in [5.74, 6) is 0.220. The van der Waals surface area contributed by atoms with Gasteiger partial charge in [0.05, 0.1) is 0 Å². The number of aliphatic carboxylic acids is 1. The average molecular weight is 293 g/mol. The number of hydrogen-bond donors (Lipinski definition) is 1. The minimum Gasteiger partial charge on any atom is -0.480 e. The van der Waals surface area contributed by atoms with E-state index in [1.807, 2.05) is 0 Å². The molecule has 3 fully saturated rings. The molecule has 1 amide bonds. The minimum atomic E-state index is -0.804. The quantitative estimate of drug-likeness (QED) is 0.851. The number of rotatable bonds is 2. The Morgan fingerprint density at radius 3 is 2.38 bits per heavy atom. The summed E-state index contributed by atoms with van der Waals surface area (Å²) in [6.07, 6.45) is 9.47. The Bertz CT molecular complexity index is 422. The highest BCUT2D eigenvalue weighted by atomic mass is 16.4. The van der Waals surface area contributed by atoms with Crippen molar-refractivity contribution in [3.63, 3.8) is 0 Å². The summed E-state index contributed by atoms with van der Waals surface area (Å²) < 4.78 is 0. The van der Waals surface area contributed by atoms with Gasteiger partial charge >= 0.3 is 5.97 Å². The Morgan fingerprint density at radius 2 is 1.67 bits per heavy atom. The number of hydrogen-bond acceptors (Lipinski definition) is 2. The van der Waals surface area contributed by atoms with Crippen molar-refractivity contribution < 1.29 is 14.7 Å². The number of carboxylic acid groups (broad SMARTS) is 1. The third kappa shape index (κ3) is 2.69. The number of amides is 1. The van der Waals surface area contributed by atoms with Crippen molar-refractivity contribution in [3.05, 3.63) is 0 Å². The van der Waals surface area contributed by atoms with Crippen molar-refractivity contribution in [2.24, 2.45) is 17.8 Å². The van der Waals surface area contributed by atoms with Crippen LogP contribution >= 0.6 is 0 Å². The number of nitrogens with zero attached hydrogens (tertiary/aromatic N) is 1. The molecule has 2 saturated carbocycles. The van der Waals surface area contributed by atoms with Gasteiger partial charge in [-0.15, -0.1) is 0 Å². The van der Waals surface area contributed by atoms with E-state index in [0.29, 0.717) is 18.3 Å². The van der Waals surface area contributed by atoms with Crippen LogP contribution in [0.15, 0.2) is 0 Å². The SMILES string of the molecule is CC1CCCCC1C(=O)N1C(C(=O)O)CC2CCCCC21. The largest absolute Gasteiger partial charge is 0.480 e. The predicted octanol–water partition coefficient (Wildman–Crippen LogP) is 3.06. The van der Waals surface area contributed by atoms with Crippen molar-refractivity contribution in [3.8, 4) is 0 Å². The fraction of sp³-hybridized carbons (Fsp3) is 0.882. The highest BCUT2D eigenvalue weighted by molar-refractivity contribution is 5.86. The summed E-state index contributed by atoms with van der Waals surface area (Å²) in [7, 11) is 0. The maximum atomic E-state index is 13.0. The highest BCUT2D eigenvalue weighted by Crippen LogP contribution is 2.42. The van der Waals surface area contributed by atoms with Crippen LogP contribution in [0.5, 0.6) is 0 Å². The van der Waals surface area contributed by atoms with Gasteiger partial charge in [0, 0.05) is 12.0 Å². The van der Waals surface area contributed by atoms with Gasteiger partial charge in [-0.3, -0.25) is 4.79 Å². The van der Waals surface area contributed by atoms with Gasteiger partial charge in [0.2, 0.25) is 5.91 Å². The summed E-state index contributed by atoms with van der Waals surface area (Å²) in [5.41, 5.74) is 0. The van der Waals surface area contributed by atoms with Gasteiger partial charge in [-0.1, -0.05) is 32.6 Å². The van der Waals surface area contributed by atoms with Crippen LogP contribution in [0.1, 0.15) is 64.7 Å². The molecule has 0 aromatic rings. The fourth-order valence-electron chi connectivity index (χ4n) is 4.87. The van der Waals surface area contributed by atoms with Gasteiger partial charge in [0.15, 0.2) is 0 Å². The second-order valence-electron chi connectivity index (χ2n) is 7.32. The molecular formula is C17H27NO3. The Hall–Kier alpha value is -1.06. The molecule has 1 aliphatic heterocycles. The van der Waals surface area contributed by atoms with Crippen LogP contribution in [0.2, 0.25) is 0 Å². The lowest BCUT2D eigenvalue weighted by molar-refractivity contribution is -0.153. The zero-order valence-electron chi connectivity index (χ0n) is 13.0. The number of likely N-dealkylation sites (tertiary alicyclic amines) is 1. The molecule has 1 saturated heterocycles. The molecule has 0 aromatic carbocycles. The molecule has 3 rings (SSSR count). The van der Waals surface area contributed by atoms with Gasteiger partial charge < -0.3 is 10.0 Å². The molecule has 0 spiro atoms. The lowest BCUT2D eigenvalue weighted by Crippen LogP contribution is -2.50. The first kappa shape index (κ1) is 14.9. The number of carbonyl (C=O) groups excluding carboxylic acids is 1. The van der Waals surface area contributed by atoms with Gasteiger partial charge in [0.25, 0.3) is 0 Å². The molecule has 118 valence electrons. The van der Waals surface area contributed by atoms with Gasteiger partial charge in [-0.05, 0) is 43.9 Å². The average Bonchev–Trinajstić information content (AvgIpc) is 2.86. The zero-order chi connectivity index (χ0) is 15.0. The first-order valence-electron chi connectivity index (χ1n) is 8.64. The van der Waals surface area contributed by atoms with Gasteiger partial charge in [0.1, 0.15) is 6.04 Å². The molecule has 3 aliphatic rings. The van der Waals surface area contributed by atoms with Crippen molar-refractivity contribution in [2.75, 3.05) is 0 Å². The summed E-state index contributed by atoms with van der Waals surface area (Å²) >= 11 is 0. The van der Waals surface area contributed by atoms with E-state index in [0.717, 1.165) is 38.5 Å².